The SMILES string of the molecule is CCOC(=O)C(N)Cc1c(F)ccc(OC)c1F. The van der Waals surface area contributed by atoms with Gasteiger partial charge >= 0.3 is 5.97 Å². The van der Waals surface area contributed by atoms with Crippen LogP contribution in [0.2, 0.25) is 0 Å². The summed E-state index contributed by atoms with van der Waals surface area (Å²) in [6.45, 7) is 1.78. The second-order valence-corrected chi connectivity index (χ2v) is 3.60. The highest BCUT2D eigenvalue weighted by molar-refractivity contribution is 5.75. The summed E-state index contributed by atoms with van der Waals surface area (Å²) in [5.74, 6) is -2.41. The minimum absolute atomic E-state index is 0.0949. The highest BCUT2D eigenvalue weighted by Gasteiger charge is 2.21. The Morgan fingerprint density at radius 2 is 2.11 bits per heavy atom. The summed E-state index contributed by atoms with van der Waals surface area (Å²) in [6, 6.07) is 1.13. The summed E-state index contributed by atoms with van der Waals surface area (Å²) in [6.07, 6.45) is -0.284. The largest absolute Gasteiger partial charge is 0.494 e. The van der Waals surface area contributed by atoms with E-state index in [1.54, 1.807) is 6.92 Å². The standard InChI is InChI=1S/C12H15F2NO3/c1-3-18-12(16)9(15)6-7-8(13)4-5-10(17-2)11(7)14/h4-5,9H,3,6,15H2,1-2H3. The van der Waals surface area contributed by atoms with Gasteiger partial charge in [0.1, 0.15) is 11.9 Å². The van der Waals surface area contributed by atoms with Crippen LogP contribution >= 0.6 is 0 Å². The van der Waals surface area contributed by atoms with Crippen molar-refractivity contribution in [3.05, 3.63) is 29.3 Å². The smallest absolute Gasteiger partial charge is 0.323 e. The van der Waals surface area contributed by atoms with Gasteiger partial charge in [0, 0.05) is 12.0 Å². The summed E-state index contributed by atoms with van der Waals surface area (Å²) in [5.41, 5.74) is 5.23. The number of methoxy groups -OCH3 is 1. The van der Waals surface area contributed by atoms with E-state index < -0.39 is 23.6 Å². The molecule has 0 bridgehead atoms. The van der Waals surface area contributed by atoms with Gasteiger partial charge in [-0.1, -0.05) is 0 Å². The first-order valence-corrected chi connectivity index (χ1v) is 5.44. The Bertz CT molecular complexity index is 438. The number of benzene rings is 1. The first-order valence-electron chi connectivity index (χ1n) is 5.44. The van der Waals surface area contributed by atoms with Crippen LogP contribution in [-0.4, -0.2) is 25.7 Å². The fourth-order valence-electron chi connectivity index (χ4n) is 1.47. The second kappa shape index (κ2) is 6.30. The maximum atomic E-state index is 13.8. The molecule has 0 amide bonds. The maximum Gasteiger partial charge on any atom is 0.323 e. The number of ether oxygens (including phenoxy) is 2. The third-order valence-electron chi connectivity index (χ3n) is 2.38. The van der Waals surface area contributed by atoms with Gasteiger partial charge in [0.15, 0.2) is 11.6 Å². The number of carbonyl (C=O) groups is 1. The van der Waals surface area contributed by atoms with E-state index in [9.17, 15) is 13.6 Å². The lowest BCUT2D eigenvalue weighted by Crippen LogP contribution is -2.35. The predicted molar refractivity (Wildman–Crippen MR) is 61.2 cm³/mol. The minimum Gasteiger partial charge on any atom is -0.494 e. The van der Waals surface area contributed by atoms with Crippen molar-refractivity contribution in [3.63, 3.8) is 0 Å². The molecule has 1 aromatic carbocycles. The van der Waals surface area contributed by atoms with Gasteiger partial charge in [-0.15, -0.1) is 0 Å². The van der Waals surface area contributed by atoms with Crippen LogP contribution in [0.3, 0.4) is 0 Å². The molecule has 0 saturated carbocycles. The molecule has 1 rings (SSSR count). The van der Waals surface area contributed by atoms with Crippen LogP contribution < -0.4 is 10.5 Å². The summed E-state index contributed by atoms with van der Waals surface area (Å²) < 4.78 is 36.6. The Morgan fingerprint density at radius 1 is 1.44 bits per heavy atom. The normalized spacial score (nSPS) is 12.1. The Labute approximate surface area is 104 Å². The fraction of sp³-hybridized carbons (Fsp3) is 0.417. The van der Waals surface area contributed by atoms with Crippen molar-refractivity contribution in [2.24, 2.45) is 5.73 Å². The molecule has 0 aliphatic heterocycles. The van der Waals surface area contributed by atoms with Gasteiger partial charge in [-0.25, -0.2) is 8.78 Å². The topological polar surface area (TPSA) is 61.5 Å². The third kappa shape index (κ3) is 3.16. The third-order valence-corrected chi connectivity index (χ3v) is 2.38. The first-order chi connectivity index (χ1) is 8.51. The molecular formula is C12H15F2NO3. The molecule has 0 heterocycles. The molecule has 0 spiro atoms. The monoisotopic (exact) mass is 259 g/mol. The average Bonchev–Trinajstić information content (AvgIpc) is 2.34. The summed E-state index contributed by atoms with van der Waals surface area (Å²) >= 11 is 0. The van der Waals surface area contributed by atoms with Gasteiger partial charge in [-0.3, -0.25) is 4.79 Å². The number of esters is 1. The lowest BCUT2D eigenvalue weighted by molar-refractivity contribution is -0.144. The van der Waals surface area contributed by atoms with Gasteiger partial charge in [-0.05, 0) is 19.1 Å². The fourth-order valence-corrected chi connectivity index (χ4v) is 1.47. The molecule has 18 heavy (non-hydrogen) atoms. The molecule has 1 aromatic rings. The van der Waals surface area contributed by atoms with E-state index in [1.165, 1.54) is 13.2 Å². The van der Waals surface area contributed by atoms with Crippen LogP contribution in [0.15, 0.2) is 12.1 Å². The molecule has 1 unspecified atom stereocenters. The summed E-state index contributed by atoms with van der Waals surface area (Å²) in [4.78, 5) is 11.3. The van der Waals surface area contributed by atoms with E-state index >= 15 is 0 Å². The van der Waals surface area contributed by atoms with Gasteiger partial charge in [-0.2, -0.15) is 0 Å². The molecule has 2 N–H and O–H groups in total. The Morgan fingerprint density at radius 3 is 2.67 bits per heavy atom. The van der Waals surface area contributed by atoms with Crippen LogP contribution in [0.25, 0.3) is 0 Å². The highest BCUT2D eigenvalue weighted by atomic mass is 19.1. The zero-order valence-corrected chi connectivity index (χ0v) is 10.2. The number of nitrogens with two attached hydrogens (primary N) is 1. The van der Waals surface area contributed by atoms with E-state index in [2.05, 4.69) is 4.74 Å². The van der Waals surface area contributed by atoms with Gasteiger partial charge in [0.2, 0.25) is 0 Å². The molecule has 0 saturated heterocycles. The number of hydrogen-bond acceptors (Lipinski definition) is 4. The van der Waals surface area contributed by atoms with Crippen LogP contribution in [0.1, 0.15) is 12.5 Å². The van der Waals surface area contributed by atoms with Crippen LogP contribution in [-0.2, 0) is 16.0 Å². The lowest BCUT2D eigenvalue weighted by atomic mass is 10.0. The quantitative estimate of drug-likeness (QED) is 0.812. The summed E-state index contributed by atoms with van der Waals surface area (Å²) in [7, 11) is 1.27. The molecule has 0 aliphatic carbocycles. The molecule has 1 atom stereocenters. The zero-order valence-electron chi connectivity index (χ0n) is 10.2. The molecule has 0 fully saturated rings. The van der Waals surface area contributed by atoms with Crippen LogP contribution in [0.4, 0.5) is 8.78 Å². The van der Waals surface area contributed by atoms with Crippen LogP contribution in [0.5, 0.6) is 5.75 Å². The number of halogens is 2. The van der Waals surface area contributed by atoms with Gasteiger partial charge in [0.05, 0.1) is 13.7 Å². The van der Waals surface area contributed by atoms with Crippen molar-refractivity contribution >= 4 is 5.97 Å². The van der Waals surface area contributed by atoms with E-state index in [0.717, 1.165) is 6.07 Å². The van der Waals surface area contributed by atoms with Crippen molar-refractivity contribution in [2.45, 2.75) is 19.4 Å². The van der Waals surface area contributed by atoms with E-state index in [0.29, 0.717) is 0 Å². The first kappa shape index (κ1) is 14.4. The van der Waals surface area contributed by atoms with E-state index in [-0.39, 0.29) is 24.3 Å². The minimum atomic E-state index is -1.11. The molecule has 4 nitrogen and oxygen atoms in total. The Balaban J connectivity index is 2.93. The molecular weight excluding hydrogens is 244 g/mol. The Hall–Kier alpha value is -1.69. The van der Waals surface area contributed by atoms with Crippen molar-refractivity contribution in [1.82, 2.24) is 0 Å². The molecule has 0 radical (unpaired) electrons. The van der Waals surface area contributed by atoms with E-state index in [4.69, 9.17) is 10.5 Å². The van der Waals surface area contributed by atoms with Crippen molar-refractivity contribution in [1.29, 1.82) is 0 Å². The average molecular weight is 259 g/mol. The molecule has 100 valence electrons. The molecule has 0 aromatic heterocycles. The maximum absolute atomic E-state index is 13.8. The molecule has 0 aliphatic rings. The van der Waals surface area contributed by atoms with Crippen molar-refractivity contribution in [3.8, 4) is 5.75 Å². The van der Waals surface area contributed by atoms with Crippen molar-refractivity contribution in [2.75, 3.05) is 13.7 Å². The number of hydrogen-bond donors (Lipinski definition) is 1. The second-order valence-electron chi connectivity index (χ2n) is 3.60. The van der Waals surface area contributed by atoms with Gasteiger partial charge < -0.3 is 15.2 Å². The highest BCUT2D eigenvalue weighted by Crippen LogP contribution is 2.23. The Kier molecular flexibility index (Phi) is 5.03. The predicted octanol–water partition coefficient (Wildman–Crippen LogP) is 1.41. The zero-order chi connectivity index (χ0) is 13.7. The number of rotatable bonds is 5. The van der Waals surface area contributed by atoms with Gasteiger partial charge in [0.25, 0.3) is 0 Å². The van der Waals surface area contributed by atoms with Crippen LogP contribution in [0, 0.1) is 11.6 Å². The molecule has 6 heteroatoms. The lowest BCUT2D eigenvalue weighted by Gasteiger charge is -2.13. The van der Waals surface area contributed by atoms with Crippen molar-refractivity contribution < 1.29 is 23.0 Å². The van der Waals surface area contributed by atoms with E-state index in [1.807, 2.05) is 0 Å². The number of carbonyl (C=O) groups excluding carboxylic acids is 1. The summed E-state index contributed by atoms with van der Waals surface area (Å²) in [5, 5.41) is 0.